The van der Waals surface area contributed by atoms with E-state index in [9.17, 15) is 8.42 Å². The SMILES string of the molecule is CCS(=O)(=O)NCCCNC(=NC)N1CCCC(C)C1.I. The molecule has 0 aromatic carbocycles. The quantitative estimate of drug-likeness (QED) is 0.287. The van der Waals surface area contributed by atoms with Crippen LogP contribution in [0.1, 0.15) is 33.1 Å². The number of halogens is 1. The zero-order valence-corrected chi connectivity index (χ0v) is 16.4. The highest BCUT2D eigenvalue weighted by Gasteiger charge is 2.18. The Morgan fingerprint density at radius 3 is 2.67 bits per heavy atom. The highest BCUT2D eigenvalue weighted by atomic mass is 127. The molecule has 2 N–H and O–H groups in total. The largest absolute Gasteiger partial charge is 0.356 e. The summed E-state index contributed by atoms with van der Waals surface area (Å²) in [6.45, 7) is 7.19. The number of hydrogen-bond acceptors (Lipinski definition) is 3. The third-order valence-electron chi connectivity index (χ3n) is 3.51. The van der Waals surface area contributed by atoms with Gasteiger partial charge in [0.2, 0.25) is 10.0 Å². The first-order valence-corrected chi connectivity index (χ1v) is 9.06. The molecule has 1 heterocycles. The number of guanidine groups is 1. The van der Waals surface area contributed by atoms with E-state index in [2.05, 4.69) is 26.9 Å². The lowest BCUT2D eigenvalue weighted by atomic mass is 10.0. The van der Waals surface area contributed by atoms with E-state index in [1.54, 1.807) is 14.0 Å². The summed E-state index contributed by atoms with van der Waals surface area (Å²) >= 11 is 0. The Morgan fingerprint density at radius 1 is 1.38 bits per heavy atom. The molecule has 1 saturated heterocycles. The van der Waals surface area contributed by atoms with Gasteiger partial charge >= 0.3 is 0 Å². The summed E-state index contributed by atoms with van der Waals surface area (Å²) < 4.78 is 25.1. The van der Waals surface area contributed by atoms with E-state index < -0.39 is 10.0 Å². The number of likely N-dealkylation sites (tertiary alicyclic amines) is 1. The van der Waals surface area contributed by atoms with Gasteiger partial charge < -0.3 is 10.2 Å². The van der Waals surface area contributed by atoms with E-state index in [0.717, 1.165) is 32.0 Å². The summed E-state index contributed by atoms with van der Waals surface area (Å²) in [7, 11) is -1.28. The summed E-state index contributed by atoms with van der Waals surface area (Å²) in [4.78, 5) is 6.58. The van der Waals surface area contributed by atoms with Gasteiger partial charge in [-0.15, -0.1) is 24.0 Å². The lowest BCUT2D eigenvalue weighted by Crippen LogP contribution is -2.46. The van der Waals surface area contributed by atoms with E-state index >= 15 is 0 Å². The predicted octanol–water partition coefficient (Wildman–Crippen LogP) is 1.24. The third-order valence-corrected chi connectivity index (χ3v) is 4.91. The molecule has 1 fully saturated rings. The first-order chi connectivity index (χ1) is 9.48. The summed E-state index contributed by atoms with van der Waals surface area (Å²) in [6.07, 6.45) is 3.24. The maximum atomic E-state index is 11.3. The summed E-state index contributed by atoms with van der Waals surface area (Å²) in [6, 6.07) is 0. The van der Waals surface area contributed by atoms with Crippen molar-refractivity contribution in [2.75, 3.05) is 39.0 Å². The maximum absolute atomic E-state index is 11.3. The van der Waals surface area contributed by atoms with Crippen molar-refractivity contribution >= 4 is 40.0 Å². The average Bonchev–Trinajstić information content (AvgIpc) is 2.43. The van der Waals surface area contributed by atoms with E-state index in [1.165, 1.54) is 12.8 Å². The van der Waals surface area contributed by atoms with Crippen LogP contribution in [0.5, 0.6) is 0 Å². The van der Waals surface area contributed by atoms with Crippen molar-refractivity contribution in [1.82, 2.24) is 14.9 Å². The molecule has 1 atom stereocenters. The molecule has 6 nitrogen and oxygen atoms in total. The monoisotopic (exact) mass is 432 g/mol. The minimum absolute atomic E-state index is 0. The Kier molecular flexibility index (Phi) is 10.6. The second-order valence-corrected chi connectivity index (χ2v) is 7.41. The van der Waals surface area contributed by atoms with Gasteiger partial charge in [-0.1, -0.05) is 6.92 Å². The summed E-state index contributed by atoms with van der Waals surface area (Å²) in [5, 5.41) is 3.31. The molecule has 1 unspecified atom stereocenters. The number of hydrogen-bond donors (Lipinski definition) is 2. The lowest BCUT2D eigenvalue weighted by molar-refractivity contribution is 0.266. The molecule has 1 aliphatic rings. The number of rotatable bonds is 6. The molecule has 8 heteroatoms. The van der Waals surface area contributed by atoms with Gasteiger partial charge in [0.1, 0.15) is 0 Å². The number of sulfonamides is 1. The van der Waals surface area contributed by atoms with Gasteiger partial charge in [-0.2, -0.15) is 0 Å². The van der Waals surface area contributed by atoms with Crippen LogP contribution in [0.25, 0.3) is 0 Å². The van der Waals surface area contributed by atoms with Crippen LogP contribution in [0.4, 0.5) is 0 Å². The molecular weight excluding hydrogens is 403 g/mol. The first-order valence-electron chi connectivity index (χ1n) is 7.41. The van der Waals surface area contributed by atoms with Crippen molar-refractivity contribution in [2.24, 2.45) is 10.9 Å². The topological polar surface area (TPSA) is 73.8 Å². The number of aliphatic imine (C=N–C) groups is 1. The minimum Gasteiger partial charge on any atom is -0.356 e. The normalized spacial score (nSPS) is 20.0. The predicted molar refractivity (Wildman–Crippen MR) is 98.8 cm³/mol. The van der Waals surface area contributed by atoms with Gasteiger partial charge in [0.05, 0.1) is 5.75 Å². The maximum Gasteiger partial charge on any atom is 0.211 e. The number of piperidine rings is 1. The Hall–Kier alpha value is -0.0900. The summed E-state index contributed by atoms with van der Waals surface area (Å²) in [5.74, 6) is 1.77. The van der Waals surface area contributed by atoms with Crippen LogP contribution in [-0.4, -0.2) is 58.3 Å². The van der Waals surface area contributed by atoms with Crippen molar-refractivity contribution in [2.45, 2.75) is 33.1 Å². The smallest absolute Gasteiger partial charge is 0.211 e. The van der Waals surface area contributed by atoms with Crippen LogP contribution < -0.4 is 10.0 Å². The molecule has 1 rings (SSSR count). The van der Waals surface area contributed by atoms with Crippen LogP contribution in [0.2, 0.25) is 0 Å². The van der Waals surface area contributed by atoms with Crippen molar-refractivity contribution in [3.63, 3.8) is 0 Å². The van der Waals surface area contributed by atoms with E-state index in [0.29, 0.717) is 12.5 Å². The Balaban J connectivity index is 0.00000400. The molecule has 21 heavy (non-hydrogen) atoms. The first kappa shape index (κ1) is 20.9. The molecule has 1 aliphatic heterocycles. The van der Waals surface area contributed by atoms with Crippen molar-refractivity contribution in [3.8, 4) is 0 Å². The van der Waals surface area contributed by atoms with Crippen LogP contribution in [0, 0.1) is 5.92 Å². The second kappa shape index (κ2) is 10.6. The van der Waals surface area contributed by atoms with Gasteiger partial charge in [0.15, 0.2) is 5.96 Å². The molecule has 0 amide bonds. The Bertz CT molecular complexity index is 414. The van der Waals surface area contributed by atoms with Crippen LogP contribution in [-0.2, 0) is 10.0 Å². The zero-order valence-electron chi connectivity index (χ0n) is 13.3. The van der Waals surface area contributed by atoms with Gasteiger partial charge in [-0.25, -0.2) is 13.1 Å². The van der Waals surface area contributed by atoms with E-state index in [4.69, 9.17) is 0 Å². The Labute approximate surface area is 146 Å². The molecule has 0 aromatic rings. The van der Waals surface area contributed by atoms with Crippen LogP contribution in [0.15, 0.2) is 4.99 Å². The molecule has 126 valence electrons. The lowest BCUT2D eigenvalue weighted by Gasteiger charge is -2.33. The van der Waals surface area contributed by atoms with Gasteiger partial charge in [-0.3, -0.25) is 4.99 Å². The molecule has 0 aromatic heterocycles. The van der Waals surface area contributed by atoms with E-state index in [-0.39, 0.29) is 29.7 Å². The van der Waals surface area contributed by atoms with Gasteiger partial charge in [0, 0.05) is 33.2 Å². The highest BCUT2D eigenvalue weighted by molar-refractivity contribution is 14.0. The molecule has 0 aliphatic carbocycles. The second-order valence-electron chi connectivity index (χ2n) is 5.32. The van der Waals surface area contributed by atoms with Gasteiger partial charge in [-0.05, 0) is 32.1 Å². The zero-order chi connectivity index (χ0) is 15.0. The van der Waals surface area contributed by atoms with Crippen LogP contribution in [0.3, 0.4) is 0 Å². The molecular formula is C13H29IN4O2S. The van der Waals surface area contributed by atoms with Crippen molar-refractivity contribution < 1.29 is 8.42 Å². The molecule has 0 spiro atoms. The molecule has 0 saturated carbocycles. The molecule has 0 radical (unpaired) electrons. The molecule has 0 bridgehead atoms. The van der Waals surface area contributed by atoms with Crippen LogP contribution >= 0.6 is 24.0 Å². The third kappa shape index (κ3) is 8.20. The number of nitrogens with one attached hydrogen (secondary N) is 2. The number of nitrogens with zero attached hydrogens (tertiary/aromatic N) is 2. The van der Waals surface area contributed by atoms with Crippen molar-refractivity contribution in [3.05, 3.63) is 0 Å². The van der Waals surface area contributed by atoms with Gasteiger partial charge in [0.25, 0.3) is 0 Å². The fourth-order valence-electron chi connectivity index (χ4n) is 2.33. The standard InChI is InChI=1S/C13H28N4O2S.HI/c1-4-20(18,19)16-9-6-8-15-13(14-3)17-10-5-7-12(2)11-17;/h12,16H,4-11H2,1-3H3,(H,14,15);1H. The van der Waals surface area contributed by atoms with E-state index in [1.807, 2.05) is 0 Å². The van der Waals surface area contributed by atoms with Crippen molar-refractivity contribution in [1.29, 1.82) is 0 Å². The fourth-order valence-corrected chi connectivity index (χ4v) is 2.99. The average molecular weight is 432 g/mol. The fraction of sp³-hybridized carbons (Fsp3) is 0.923. The highest BCUT2D eigenvalue weighted by Crippen LogP contribution is 2.15. The summed E-state index contributed by atoms with van der Waals surface area (Å²) in [5.41, 5.74) is 0. The Morgan fingerprint density at radius 2 is 2.10 bits per heavy atom. The minimum atomic E-state index is -3.07.